The summed E-state index contributed by atoms with van der Waals surface area (Å²) in [5.41, 5.74) is 0.177. The van der Waals surface area contributed by atoms with Gasteiger partial charge < -0.3 is 10.6 Å². The first-order valence-corrected chi connectivity index (χ1v) is 7.86. The molecule has 27 heavy (non-hydrogen) atoms. The van der Waals surface area contributed by atoms with Crippen molar-refractivity contribution >= 4 is 17.4 Å². The normalized spacial score (nSPS) is 11.1. The van der Waals surface area contributed by atoms with Crippen molar-refractivity contribution in [3.8, 4) is 0 Å². The molecule has 2 N–H and O–H groups in total. The molecule has 0 spiro atoms. The molecular weight excluding hydrogens is 359 g/mol. The maximum atomic E-state index is 12.8. The fraction of sp³-hybridized carbons (Fsp3) is 0.111. The average molecular weight is 373 g/mol. The topological polar surface area (TPSA) is 79.8 Å². The highest BCUT2D eigenvalue weighted by Gasteiger charge is 2.30. The van der Waals surface area contributed by atoms with Gasteiger partial charge in [-0.25, -0.2) is 9.97 Å². The summed E-state index contributed by atoms with van der Waals surface area (Å²) in [4.78, 5) is 24.1. The lowest BCUT2D eigenvalue weighted by atomic mass is 10.2. The Morgan fingerprint density at radius 1 is 1.00 bits per heavy atom. The average Bonchev–Trinajstić information content (AvgIpc) is 2.67. The zero-order valence-electron chi connectivity index (χ0n) is 13.9. The number of nitrogens with zero attached hydrogens (tertiary/aromatic N) is 3. The number of hydrogen-bond acceptors (Lipinski definition) is 5. The number of carbonyl (C=O) groups excluding carboxylic acids is 1. The molecule has 0 unspecified atom stereocenters. The number of halogens is 3. The van der Waals surface area contributed by atoms with E-state index in [4.69, 9.17) is 0 Å². The molecule has 2 aromatic heterocycles. The molecular formula is C18H14F3N5O. The number of anilines is 2. The van der Waals surface area contributed by atoms with E-state index in [0.717, 1.165) is 18.5 Å². The molecule has 9 heteroatoms. The standard InChI is InChI=1S/C18H14F3N5O/c19-18(20,21)12-4-3-6-13(8-12)26-16-9-15(24-11-25-16)17(27)23-10-14-5-1-2-7-22-14/h1-9,11H,10H2,(H,23,27)(H,24,25,26). The van der Waals surface area contributed by atoms with Crippen LogP contribution in [0.4, 0.5) is 24.7 Å². The number of pyridine rings is 1. The Balaban J connectivity index is 1.69. The van der Waals surface area contributed by atoms with Crippen LogP contribution >= 0.6 is 0 Å². The largest absolute Gasteiger partial charge is 0.416 e. The maximum absolute atomic E-state index is 12.8. The minimum Gasteiger partial charge on any atom is -0.345 e. The third-order valence-electron chi connectivity index (χ3n) is 3.52. The monoisotopic (exact) mass is 373 g/mol. The minimum absolute atomic E-state index is 0.0791. The molecule has 3 aromatic rings. The molecule has 2 heterocycles. The van der Waals surface area contributed by atoms with Crippen LogP contribution < -0.4 is 10.6 Å². The molecule has 0 bridgehead atoms. The maximum Gasteiger partial charge on any atom is 0.416 e. The summed E-state index contributed by atoms with van der Waals surface area (Å²) < 4.78 is 38.4. The quantitative estimate of drug-likeness (QED) is 0.715. The van der Waals surface area contributed by atoms with Gasteiger partial charge >= 0.3 is 6.18 Å². The van der Waals surface area contributed by atoms with Gasteiger partial charge in [0.25, 0.3) is 5.91 Å². The molecule has 0 atom stereocenters. The van der Waals surface area contributed by atoms with E-state index >= 15 is 0 Å². The first-order chi connectivity index (χ1) is 12.9. The Morgan fingerprint density at radius 3 is 2.59 bits per heavy atom. The van der Waals surface area contributed by atoms with E-state index in [1.165, 1.54) is 18.2 Å². The molecule has 0 fully saturated rings. The molecule has 0 radical (unpaired) electrons. The Kier molecular flexibility index (Phi) is 5.30. The summed E-state index contributed by atoms with van der Waals surface area (Å²) in [7, 11) is 0. The van der Waals surface area contributed by atoms with E-state index in [1.807, 2.05) is 0 Å². The van der Waals surface area contributed by atoms with Crippen molar-refractivity contribution in [2.24, 2.45) is 0 Å². The van der Waals surface area contributed by atoms with Crippen LogP contribution in [-0.4, -0.2) is 20.9 Å². The van der Waals surface area contributed by atoms with Crippen LogP contribution in [0.2, 0.25) is 0 Å². The van der Waals surface area contributed by atoms with Crippen LogP contribution in [0.3, 0.4) is 0 Å². The number of rotatable bonds is 5. The molecule has 138 valence electrons. The summed E-state index contributed by atoms with van der Waals surface area (Å²) in [5, 5.41) is 5.41. The van der Waals surface area contributed by atoms with Crippen LogP contribution in [0.1, 0.15) is 21.7 Å². The zero-order chi connectivity index (χ0) is 19.3. The van der Waals surface area contributed by atoms with Gasteiger partial charge in [-0.05, 0) is 30.3 Å². The van der Waals surface area contributed by atoms with Crippen molar-refractivity contribution in [2.45, 2.75) is 12.7 Å². The lowest BCUT2D eigenvalue weighted by Gasteiger charge is -2.10. The summed E-state index contributed by atoms with van der Waals surface area (Å²) in [6.45, 7) is 0.222. The first-order valence-electron chi connectivity index (χ1n) is 7.86. The van der Waals surface area contributed by atoms with Gasteiger partial charge in [-0.15, -0.1) is 0 Å². The highest BCUT2D eigenvalue weighted by Crippen LogP contribution is 2.31. The molecule has 6 nitrogen and oxygen atoms in total. The van der Waals surface area contributed by atoms with Crippen molar-refractivity contribution in [3.63, 3.8) is 0 Å². The van der Waals surface area contributed by atoms with Crippen LogP contribution in [0.15, 0.2) is 61.1 Å². The molecule has 0 saturated carbocycles. The van der Waals surface area contributed by atoms with E-state index in [0.29, 0.717) is 5.69 Å². The fourth-order valence-electron chi connectivity index (χ4n) is 2.24. The molecule has 1 aromatic carbocycles. The number of nitrogens with one attached hydrogen (secondary N) is 2. The molecule has 0 saturated heterocycles. The molecule has 1 amide bonds. The smallest absolute Gasteiger partial charge is 0.345 e. The van der Waals surface area contributed by atoms with Crippen LogP contribution in [0.5, 0.6) is 0 Å². The minimum atomic E-state index is -4.44. The van der Waals surface area contributed by atoms with Gasteiger partial charge in [0.05, 0.1) is 17.8 Å². The highest BCUT2D eigenvalue weighted by molar-refractivity contribution is 5.92. The SMILES string of the molecule is O=C(NCc1ccccn1)c1cc(Nc2cccc(C(F)(F)F)c2)ncn1. The van der Waals surface area contributed by atoms with Gasteiger partial charge in [-0.3, -0.25) is 9.78 Å². The Labute approximate surface area is 152 Å². The Morgan fingerprint density at radius 2 is 1.85 bits per heavy atom. The lowest BCUT2D eigenvalue weighted by Crippen LogP contribution is -2.24. The molecule has 3 rings (SSSR count). The predicted molar refractivity (Wildman–Crippen MR) is 92.2 cm³/mol. The number of aromatic nitrogens is 3. The number of amides is 1. The molecule has 0 aliphatic heterocycles. The first kappa shape index (κ1) is 18.3. The third-order valence-corrected chi connectivity index (χ3v) is 3.52. The van der Waals surface area contributed by atoms with Gasteiger partial charge in [-0.1, -0.05) is 12.1 Å². The number of hydrogen-bond donors (Lipinski definition) is 2. The molecule has 0 aliphatic carbocycles. The highest BCUT2D eigenvalue weighted by atomic mass is 19.4. The number of carbonyl (C=O) groups is 1. The van der Waals surface area contributed by atoms with Gasteiger partial charge in [0, 0.05) is 18.0 Å². The summed E-state index contributed by atoms with van der Waals surface area (Å²) >= 11 is 0. The second-order valence-electron chi connectivity index (χ2n) is 5.50. The van der Waals surface area contributed by atoms with Crippen LogP contribution in [0.25, 0.3) is 0 Å². The van der Waals surface area contributed by atoms with E-state index in [1.54, 1.807) is 24.4 Å². The summed E-state index contributed by atoms with van der Waals surface area (Å²) in [6.07, 6.45) is -1.67. The molecule has 0 aliphatic rings. The van der Waals surface area contributed by atoms with Crippen LogP contribution in [-0.2, 0) is 12.7 Å². The van der Waals surface area contributed by atoms with E-state index in [9.17, 15) is 18.0 Å². The van der Waals surface area contributed by atoms with Gasteiger partial charge in [0.1, 0.15) is 17.8 Å². The van der Waals surface area contributed by atoms with E-state index in [-0.39, 0.29) is 23.7 Å². The van der Waals surface area contributed by atoms with Crippen molar-refractivity contribution in [2.75, 3.05) is 5.32 Å². The van der Waals surface area contributed by atoms with Crippen LogP contribution in [0, 0.1) is 0 Å². The zero-order valence-corrected chi connectivity index (χ0v) is 13.9. The van der Waals surface area contributed by atoms with Crippen molar-refractivity contribution < 1.29 is 18.0 Å². The Hall–Kier alpha value is -3.49. The second-order valence-corrected chi connectivity index (χ2v) is 5.50. The van der Waals surface area contributed by atoms with Gasteiger partial charge in [-0.2, -0.15) is 13.2 Å². The van der Waals surface area contributed by atoms with Gasteiger partial charge in [0.15, 0.2) is 0 Å². The van der Waals surface area contributed by atoms with Crippen molar-refractivity contribution in [1.29, 1.82) is 0 Å². The number of benzene rings is 1. The predicted octanol–water partition coefficient (Wildman–Crippen LogP) is 3.56. The van der Waals surface area contributed by atoms with E-state index in [2.05, 4.69) is 25.6 Å². The Bertz CT molecular complexity index is 932. The third kappa shape index (κ3) is 5.00. The van der Waals surface area contributed by atoms with Crippen molar-refractivity contribution in [1.82, 2.24) is 20.3 Å². The van der Waals surface area contributed by atoms with E-state index < -0.39 is 17.6 Å². The lowest BCUT2D eigenvalue weighted by molar-refractivity contribution is -0.137. The summed E-state index contributed by atoms with van der Waals surface area (Å²) in [6, 6.07) is 11.4. The summed E-state index contributed by atoms with van der Waals surface area (Å²) in [5.74, 6) is -0.248. The fourth-order valence-corrected chi connectivity index (χ4v) is 2.24. The van der Waals surface area contributed by atoms with Gasteiger partial charge in [0.2, 0.25) is 0 Å². The second kappa shape index (κ2) is 7.81. The number of alkyl halides is 3. The van der Waals surface area contributed by atoms with Crippen molar-refractivity contribution in [3.05, 3.63) is 78.0 Å².